The van der Waals surface area contributed by atoms with Crippen LogP contribution in [0.4, 0.5) is 0 Å². The molecule has 20 heavy (non-hydrogen) atoms. The number of aromatic nitrogens is 2. The largest absolute Gasteiger partial charge is 0.481 e. The number of methoxy groups -OCH3 is 1. The fraction of sp³-hybridized carbons (Fsp3) is 0.438. The van der Waals surface area contributed by atoms with E-state index in [1.807, 2.05) is 19.1 Å². The second-order valence-electron chi connectivity index (χ2n) is 5.28. The Morgan fingerprint density at radius 1 is 1.30 bits per heavy atom. The number of aryl methyl sites for hydroxylation is 2. The van der Waals surface area contributed by atoms with E-state index in [1.165, 1.54) is 5.56 Å². The summed E-state index contributed by atoms with van der Waals surface area (Å²) in [7, 11) is 1.67. The van der Waals surface area contributed by atoms with Crippen LogP contribution in [0.1, 0.15) is 35.4 Å². The van der Waals surface area contributed by atoms with Crippen molar-refractivity contribution in [1.82, 2.24) is 9.55 Å². The van der Waals surface area contributed by atoms with E-state index < -0.39 is 0 Å². The fourth-order valence-electron chi connectivity index (χ4n) is 3.04. The van der Waals surface area contributed by atoms with Crippen molar-refractivity contribution < 1.29 is 9.47 Å². The molecule has 0 spiro atoms. The molecule has 4 nitrogen and oxygen atoms in total. The minimum Gasteiger partial charge on any atom is -0.481 e. The number of hydrogen-bond acceptors (Lipinski definition) is 3. The Labute approximate surface area is 119 Å². The molecular formula is C16H20N2O2. The molecule has 0 radical (unpaired) electrons. The lowest BCUT2D eigenvalue weighted by Crippen LogP contribution is -2.15. The van der Waals surface area contributed by atoms with Gasteiger partial charge in [0, 0.05) is 30.3 Å². The van der Waals surface area contributed by atoms with Crippen molar-refractivity contribution in [3.8, 4) is 5.88 Å². The first-order valence-electron chi connectivity index (χ1n) is 6.97. The summed E-state index contributed by atoms with van der Waals surface area (Å²) in [6.45, 7) is 4.85. The van der Waals surface area contributed by atoms with Crippen molar-refractivity contribution >= 4 is 0 Å². The van der Waals surface area contributed by atoms with Gasteiger partial charge in [0.05, 0.1) is 13.2 Å². The Morgan fingerprint density at radius 2 is 2.05 bits per heavy atom. The van der Waals surface area contributed by atoms with E-state index in [0.29, 0.717) is 11.9 Å². The molecule has 1 saturated heterocycles. The zero-order valence-electron chi connectivity index (χ0n) is 12.2. The molecule has 2 atom stereocenters. The van der Waals surface area contributed by atoms with Gasteiger partial charge in [-0.3, -0.25) is 0 Å². The molecule has 0 aromatic carbocycles. The molecule has 0 N–H and O–H groups in total. The molecule has 4 heteroatoms. The van der Waals surface area contributed by atoms with Gasteiger partial charge in [-0.1, -0.05) is 0 Å². The van der Waals surface area contributed by atoms with Crippen LogP contribution >= 0.6 is 0 Å². The molecule has 1 fully saturated rings. The molecule has 106 valence electrons. The van der Waals surface area contributed by atoms with Crippen molar-refractivity contribution in [3.05, 3.63) is 47.4 Å². The van der Waals surface area contributed by atoms with Crippen LogP contribution in [0.15, 0.2) is 30.6 Å². The van der Waals surface area contributed by atoms with Gasteiger partial charge in [0.25, 0.3) is 0 Å². The number of ether oxygens (including phenoxy) is 2. The molecule has 0 saturated carbocycles. The van der Waals surface area contributed by atoms with Gasteiger partial charge in [-0.25, -0.2) is 4.98 Å². The van der Waals surface area contributed by atoms with Crippen molar-refractivity contribution in [1.29, 1.82) is 0 Å². The van der Waals surface area contributed by atoms with Gasteiger partial charge in [-0.2, -0.15) is 0 Å². The first kappa shape index (κ1) is 13.2. The lowest BCUT2D eigenvalue weighted by Gasteiger charge is -2.23. The average Bonchev–Trinajstić information content (AvgIpc) is 3.07. The summed E-state index contributed by atoms with van der Waals surface area (Å²) in [6.07, 6.45) is 5.20. The van der Waals surface area contributed by atoms with Crippen molar-refractivity contribution in [2.24, 2.45) is 0 Å². The summed E-state index contributed by atoms with van der Waals surface area (Å²) in [6, 6.07) is 6.49. The smallest absolute Gasteiger partial charge is 0.219 e. The van der Waals surface area contributed by atoms with E-state index in [0.717, 1.165) is 24.3 Å². The Kier molecular flexibility index (Phi) is 3.49. The van der Waals surface area contributed by atoms with Crippen LogP contribution < -0.4 is 4.74 Å². The molecule has 3 heterocycles. The monoisotopic (exact) mass is 272 g/mol. The topological polar surface area (TPSA) is 36.3 Å². The van der Waals surface area contributed by atoms with E-state index in [2.05, 4.69) is 34.9 Å². The third-order valence-electron chi connectivity index (χ3n) is 3.91. The minimum absolute atomic E-state index is 0.00505. The quantitative estimate of drug-likeness (QED) is 0.860. The van der Waals surface area contributed by atoms with Gasteiger partial charge >= 0.3 is 0 Å². The van der Waals surface area contributed by atoms with Crippen LogP contribution in [0, 0.1) is 13.8 Å². The lowest BCUT2D eigenvalue weighted by atomic mass is 9.98. The SMILES string of the molecule is COc1nc(C)cc(C)c1C1OCCC1n1cccc1. The van der Waals surface area contributed by atoms with Crippen LogP contribution in [0.3, 0.4) is 0 Å². The van der Waals surface area contributed by atoms with Gasteiger partial charge in [-0.05, 0) is 44.0 Å². The average molecular weight is 272 g/mol. The summed E-state index contributed by atoms with van der Waals surface area (Å²) in [5.74, 6) is 0.687. The highest BCUT2D eigenvalue weighted by Crippen LogP contribution is 2.42. The van der Waals surface area contributed by atoms with Gasteiger partial charge < -0.3 is 14.0 Å². The van der Waals surface area contributed by atoms with Crippen molar-refractivity contribution in [2.75, 3.05) is 13.7 Å². The predicted molar refractivity (Wildman–Crippen MR) is 77.0 cm³/mol. The first-order chi connectivity index (χ1) is 9.70. The third kappa shape index (κ3) is 2.20. The van der Waals surface area contributed by atoms with Gasteiger partial charge in [0.15, 0.2) is 0 Å². The normalized spacial score (nSPS) is 22.1. The lowest BCUT2D eigenvalue weighted by molar-refractivity contribution is 0.0895. The van der Waals surface area contributed by atoms with E-state index in [9.17, 15) is 0 Å². The summed E-state index contributed by atoms with van der Waals surface area (Å²) in [4.78, 5) is 4.50. The molecule has 0 aliphatic carbocycles. The molecule has 2 aromatic heterocycles. The summed E-state index contributed by atoms with van der Waals surface area (Å²) >= 11 is 0. The van der Waals surface area contributed by atoms with E-state index in [-0.39, 0.29) is 6.10 Å². The molecule has 0 bridgehead atoms. The van der Waals surface area contributed by atoms with E-state index in [1.54, 1.807) is 7.11 Å². The Balaban J connectivity index is 2.04. The Hall–Kier alpha value is -1.81. The van der Waals surface area contributed by atoms with Crippen molar-refractivity contribution in [2.45, 2.75) is 32.4 Å². The molecule has 0 amide bonds. The van der Waals surface area contributed by atoms with Gasteiger partial charge in [-0.15, -0.1) is 0 Å². The zero-order valence-corrected chi connectivity index (χ0v) is 12.2. The van der Waals surface area contributed by atoms with E-state index in [4.69, 9.17) is 9.47 Å². The minimum atomic E-state index is 0.00505. The molecule has 2 aromatic rings. The van der Waals surface area contributed by atoms with E-state index >= 15 is 0 Å². The molecule has 2 unspecified atom stereocenters. The number of pyridine rings is 1. The second-order valence-corrected chi connectivity index (χ2v) is 5.28. The fourth-order valence-corrected chi connectivity index (χ4v) is 3.04. The molecular weight excluding hydrogens is 252 g/mol. The number of nitrogens with zero attached hydrogens (tertiary/aromatic N) is 2. The number of hydrogen-bond donors (Lipinski definition) is 0. The maximum Gasteiger partial charge on any atom is 0.219 e. The van der Waals surface area contributed by atoms with Gasteiger partial charge in [0.2, 0.25) is 5.88 Å². The Bertz CT molecular complexity index is 593. The highest BCUT2D eigenvalue weighted by Gasteiger charge is 2.34. The summed E-state index contributed by atoms with van der Waals surface area (Å²) in [5.41, 5.74) is 3.23. The summed E-state index contributed by atoms with van der Waals surface area (Å²) < 4.78 is 13.7. The first-order valence-corrected chi connectivity index (χ1v) is 6.97. The zero-order chi connectivity index (χ0) is 14.1. The molecule has 1 aliphatic heterocycles. The highest BCUT2D eigenvalue weighted by molar-refractivity contribution is 5.39. The van der Waals surface area contributed by atoms with Crippen LogP contribution in [0.5, 0.6) is 5.88 Å². The molecule has 1 aliphatic rings. The Morgan fingerprint density at radius 3 is 2.75 bits per heavy atom. The standard InChI is InChI=1S/C16H20N2O2/c1-11-10-12(2)17-16(19-3)14(11)15-13(6-9-20-15)18-7-4-5-8-18/h4-5,7-8,10,13,15H,6,9H2,1-3H3. The van der Waals surface area contributed by atoms with Crippen LogP contribution in [0.25, 0.3) is 0 Å². The summed E-state index contributed by atoms with van der Waals surface area (Å²) in [5, 5.41) is 0. The van der Waals surface area contributed by atoms with Crippen molar-refractivity contribution in [3.63, 3.8) is 0 Å². The maximum atomic E-state index is 6.00. The maximum absolute atomic E-state index is 6.00. The predicted octanol–water partition coefficient (Wildman–Crippen LogP) is 3.21. The highest BCUT2D eigenvalue weighted by atomic mass is 16.5. The van der Waals surface area contributed by atoms with Crippen LogP contribution in [0.2, 0.25) is 0 Å². The van der Waals surface area contributed by atoms with Gasteiger partial charge in [0.1, 0.15) is 6.10 Å². The van der Waals surface area contributed by atoms with Crippen LogP contribution in [-0.4, -0.2) is 23.3 Å². The number of rotatable bonds is 3. The third-order valence-corrected chi connectivity index (χ3v) is 3.91. The second kappa shape index (κ2) is 5.29. The van der Waals surface area contributed by atoms with Crippen LogP contribution in [-0.2, 0) is 4.74 Å². The molecule has 3 rings (SSSR count).